The van der Waals surface area contributed by atoms with E-state index in [4.69, 9.17) is 38.0 Å². The summed E-state index contributed by atoms with van der Waals surface area (Å²) in [5.41, 5.74) is 0. The van der Waals surface area contributed by atoms with Gasteiger partial charge in [-0.1, -0.05) is 6.42 Å². The van der Waals surface area contributed by atoms with Crippen molar-refractivity contribution in [2.24, 2.45) is 0 Å². The van der Waals surface area contributed by atoms with Crippen LogP contribution in [0.25, 0.3) is 0 Å². The summed E-state index contributed by atoms with van der Waals surface area (Å²) in [6.07, 6.45) is -22.0. The number of rotatable bonds is 22. The molecule has 0 aromatic carbocycles. The molecule has 5 saturated heterocycles. The number of amides is 2. The molecule has 11 N–H and O–H groups in total. The highest BCUT2D eigenvalue weighted by Crippen LogP contribution is 2.31. The summed E-state index contributed by atoms with van der Waals surface area (Å²) in [4.78, 5) is 42.9. The van der Waals surface area contributed by atoms with Crippen molar-refractivity contribution in [2.45, 2.75) is 182 Å². The van der Waals surface area contributed by atoms with Crippen molar-refractivity contribution in [2.75, 3.05) is 46.1 Å². The lowest BCUT2D eigenvalue weighted by molar-refractivity contribution is -0.366. The summed E-state index contributed by atoms with van der Waals surface area (Å²) in [7, 11) is 0. The third kappa shape index (κ3) is 13.7. The van der Waals surface area contributed by atoms with E-state index in [0.29, 0.717) is 56.7 Å². The zero-order valence-corrected chi connectivity index (χ0v) is 35.2. The summed E-state index contributed by atoms with van der Waals surface area (Å²) in [6.45, 7) is 1.00. The molecule has 5 fully saturated rings. The van der Waals surface area contributed by atoms with E-state index in [0.717, 1.165) is 6.42 Å². The highest BCUT2D eigenvalue weighted by atomic mass is 16.8. The number of unbranched alkanes of at least 4 members (excludes halogenated alkanes) is 2. The second kappa shape index (κ2) is 24.6. The monoisotopic (exact) mass is 914 g/mol. The molecule has 0 aliphatic carbocycles. The quantitative estimate of drug-likeness (QED) is 0.0357. The number of hydroxylamine groups is 2. The van der Waals surface area contributed by atoms with Gasteiger partial charge in [-0.05, 0) is 58.5 Å². The van der Waals surface area contributed by atoms with Crippen LogP contribution in [0, 0.1) is 0 Å². The van der Waals surface area contributed by atoms with Crippen molar-refractivity contribution in [3.8, 4) is 0 Å². The predicted octanol–water partition coefficient (Wildman–Crippen LogP) is -5.37. The predicted molar refractivity (Wildman–Crippen MR) is 206 cm³/mol. The van der Waals surface area contributed by atoms with Crippen LogP contribution >= 0.6 is 0 Å². The summed E-state index contributed by atoms with van der Waals surface area (Å²) >= 11 is 0. The van der Waals surface area contributed by atoms with Gasteiger partial charge in [0.25, 0.3) is 11.8 Å². The second-order valence-electron chi connectivity index (χ2n) is 16.7. The third-order valence-corrected chi connectivity index (χ3v) is 12.0. The van der Waals surface area contributed by atoms with Crippen LogP contribution in [0.15, 0.2) is 0 Å². The van der Waals surface area contributed by atoms with Gasteiger partial charge < -0.3 is 99.1 Å². The molecule has 63 heavy (non-hydrogen) atoms. The summed E-state index contributed by atoms with van der Waals surface area (Å²) < 4.78 is 40.1. The van der Waals surface area contributed by atoms with Crippen LogP contribution in [-0.2, 0) is 52.4 Å². The van der Waals surface area contributed by atoms with Gasteiger partial charge in [-0.2, -0.15) is 0 Å². The molecule has 24 nitrogen and oxygen atoms in total. The first kappa shape index (κ1) is 51.8. The Hall–Kier alpha value is -2.15. The SMILES string of the molecule is C[C@H]1CCC(O)C(CCCN(CCCCCC(=O)ON2C(=O)CCC2=O)CCO[C@H]2OC(CO[C@H]3OC(CO)[C@@H](O)C(O)C3O)[C@@H](O)C(O[C@H]3OC(CO)[C@@H](O)C(O)C3O)C2O)O1. The molecule has 2 amide bonds. The van der Waals surface area contributed by atoms with Crippen LogP contribution in [-0.4, -0.2) is 240 Å². The van der Waals surface area contributed by atoms with Crippen LogP contribution in [0.5, 0.6) is 0 Å². The van der Waals surface area contributed by atoms with Crippen LogP contribution in [0.4, 0.5) is 0 Å². The summed E-state index contributed by atoms with van der Waals surface area (Å²) in [5.74, 6) is -1.84. The molecule has 24 heteroatoms. The fraction of sp³-hybridized carbons (Fsp3) is 0.923. The minimum absolute atomic E-state index is 0.0108. The van der Waals surface area contributed by atoms with E-state index in [9.17, 15) is 70.6 Å². The van der Waals surface area contributed by atoms with Gasteiger partial charge in [0, 0.05) is 25.8 Å². The number of carbonyl (C=O) groups excluding carboxylic acids is 3. The van der Waals surface area contributed by atoms with Gasteiger partial charge in [-0.15, -0.1) is 5.06 Å². The molecule has 364 valence electrons. The lowest BCUT2D eigenvalue weighted by Gasteiger charge is -2.46. The Balaban J connectivity index is 1.22. The Kier molecular flexibility index (Phi) is 20.2. The average molecular weight is 915 g/mol. The molecule has 18 atom stereocenters. The number of nitrogens with zero attached hydrogens (tertiary/aromatic N) is 2. The Labute approximate surface area is 363 Å². The van der Waals surface area contributed by atoms with Gasteiger partial charge in [0.15, 0.2) is 18.9 Å². The largest absolute Gasteiger partial charge is 0.394 e. The molecule has 0 bridgehead atoms. The van der Waals surface area contributed by atoms with Crippen molar-refractivity contribution < 1.29 is 109 Å². The minimum Gasteiger partial charge on any atom is -0.394 e. The maximum absolute atomic E-state index is 12.3. The maximum Gasteiger partial charge on any atom is 0.333 e. The molecule has 0 aromatic rings. The smallest absolute Gasteiger partial charge is 0.333 e. The fourth-order valence-corrected chi connectivity index (χ4v) is 8.11. The van der Waals surface area contributed by atoms with Gasteiger partial charge in [-0.3, -0.25) is 9.59 Å². The third-order valence-electron chi connectivity index (χ3n) is 12.0. The van der Waals surface area contributed by atoms with E-state index in [-0.39, 0.29) is 44.6 Å². The van der Waals surface area contributed by atoms with E-state index >= 15 is 0 Å². The number of aliphatic hydroxyl groups excluding tert-OH is 11. The molecule has 5 rings (SSSR count). The zero-order valence-electron chi connectivity index (χ0n) is 35.2. The first-order valence-corrected chi connectivity index (χ1v) is 21.7. The average Bonchev–Trinajstić information content (AvgIpc) is 3.57. The number of hydrogen-bond donors (Lipinski definition) is 11. The fourth-order valence-electron chi connectivity index (χ4n) is 8.11. The van der Waals surface area contributed by atoms with Gasteiger partial charge in [-0.25, -0.2) is 4.79 Å². The highest BCUT2D eigenvalue weighted by Gasteiger charge is 2.52. The lowest BCUT2D eigenvalue weighted by Crippen LogP contribution is -2.65. The first-order valence-electron chi connectivity index (χ1n) is 21.7. The first-order chi connectivity index (χ1) is 30.0. The van der Waals surface area contributed by atoms with Crippen LogP contribution in [0.2, 0.25) is 0 Å². The van der Waals surface area contributed by atoms with Crippen molar-refractivity contribution in [1.29, 1.82) is 0 Å². The van der Waals surface area contributed by atoms with Gasteiger partial charge >= 0.3 is 5.97 Å². The van der Waals surface area contributed by atoms with E-state index < -0.39 is 136 Å². The van der Waals surface area contributed by atoms with E-state index in [1.807, 2.05) is 11.8 Å². The molecular weight excluding hydrogens is 848 g/mol. The van der Waals surface area contributed by atoms with Gasteiger partial charge in [0.1, 0.15) is 73.2 Å². The van der Waals surface area contributed by atoms with Crippen molar-refractivity contribution in [3.63, 3.8) is 0 Å². The van der Waals surface area contributed by atoms with E-state index in [1.54, 1.807) is 0 Å². The summed E-state index contributed by atoms with van der Waals surface area (Å²) in [6, 6.07) is 0. The number of ether oxygens (including phenoxy) is 7. The van der Waals surface area contributed by atoms with Crippen LogP contribution < -0.4 is 0 Å². The lowest BCUT2D eigenvalue weighted by atomic mass is 9.96. The van der Waals surface area contributed by atoms with Gasteiger partial charge in [0.2, 0.25) is 0 Å². The van der Waals surface area contributed by atoms with Crippen LogP contribution in [0.3, 0.4) is 0 Å². The van der Waals surface area contributed by atoms with E-state index in [2.05, 4.69) is 0 Å². The summed E-state index contributed by atoms with van der Waals surface area (Å²) in [5, 5.41) is 115. The van der Waals surface area contributed by atoms with Gasteiger partial charge in [0.05, 0.1) is 44.7 Å². The molecule has 0 saturated carbocycles. The normalized spacial score (nSPS) is 40.2. The molecule has 0 aromatic heterocycles. The molecule has 5 aliphatic heterocycles. The van der Waals surface area contributed by atoms with E-state index in [1.165, 1.54) is 0 Å². The topological polar surface area (TPSA) is 354 Å². The molecule has 5 heterocycles. The highest BCUT2D eigenvalue weighted by molar-refractivity contribution is 6.01. The molecule has 0 spiro atoms. The molecule has 11 unspecified atom stereocenters. The number of imide groups is 1. The number of hydrogen-bond acceptors (Lipinski definition) is 23. The Morgan fingerprint density at radius 2 is 1.22 bits per heavy atom. The van der Waals surface area contributed by atoms with Crippen molar-refractivity contribution in [3.05, 3.63) is 0 Å². The number of aliphatic hydroxyl groups is 11. The second-order valence-corrected chi connectivity index (χ2v) is 16.7. The molecule has 5 aliphatic rings. The standard InChI is InChI=1S/C39H66N2O22/c1-19-8-9-20(44)21(58-19)6-5-13-40(12-4-2-3-7-27(47)63-41-25(45)10-11-26(41)46)14-15-56-38-35(55)36(62-39-34(54)32(52)29(49)23(17-43)60-39)30(50)24(61-38)18-57-37-33(53)31(51)28(48)22(16-42)59-37/h19-24,28-39,42-44,48-55H,2-18H2,1H3/t19-,20?,21?,22?,23?,24?,28+,29+,30+,31?,32?,33?,34?,35?,36?,37-,38-,39+/m0/s1. The number of carbonyl (C=O) groups is 3. The molecule has 0 radical (unpaired) electrons. The maximum atomic E-state index is 12.3. The minimum atomic E-state index is -1.91. The Morgan fingerprint density at radius 3 is 1.87 bits per heavy atom. The van der Waals surface area contributed by atoms with Crippen LogP contribution in [0.1, 0.15) is 71.1 Å². The molecular formula is C39H66N2O22. The van der Waals surface area contributed by atoms with Crippen molar-refractivity contribution in [1.82, 2.24) is 9.96 Å². The Bertz CT molecular complexity index is 1420. The zero-order chi connectivity index (χ0) is 46.0. The van der Waals surface area contributed by atoms with Crippen molar-refractivity contribution >= 4 is 17.8 Å². The Morgan fingerprint density at radius 1 is 0.635 bits per heavy atom.